The van der Waals surface area contributed by atoms with E-state index >= 15 is 0 Å². The van der Waals surface area contributed by atoms with E-state index in [2.05, 4.69) is 431 Å². The van der Waals surface area contributed by atoms with Gasteiger partial charge in [-0.05, 0) is 165 Å². The molecule has 6 aromatic rings. The van der Waals surface area contributed by atoms with Crippen molar-refractivity contribution < 1.29 is 13.6 Å². The molecule has 6 unspecified atom stereocenters. The standard InChI is InChI=1S/C102H141O3P/c1-88(2,3)70-43-37-67(38-44-70)85-79(94(19,20)21)61-64-82(100(85,97(28,29)30)76-55-49-73(50-56-76)91(10,11)12)103-106(104-83-65-62-80(95(22,23)24)86(68-39-45-71(46-40-68)89(4,5)6)101(83,98(31,32)33)77-57-51-74(52-58-77)92(13,14)15)105-84-66-63-81(96(25,26)27)87(69-41-47-72(48-42-69)90(7,8)9)102(84,99(34,35)36)78-59-53-75(54-60-78)93(16,17)18/h37-66,82-84H,1-36H3. The van der Waals surface area contributed by atoms with Gasteiger partial charge in [-0.15, -0.1) is 0 Å². The lowest BCUT2D eigenvalue weighted by Gasteiger charge is -2.57. The Morgan fingerprint density at radius 2 is 0.377 bits per heavy atom. The van der Waals surface area contributed by atoms with Gasteiger partial charge >= 0.3 is 8.60 Å². The van der Waals surface area contributed by atoms with Crippen LogP contribution in [0.3, 0.4) is 0 Å². The number of allylic oxidation sites excluding steroid dienone is 6. The fraction of sp³-hybridized carbons (Fsp3) is 0.529. The summed E-state index contributed by atoms with van der Waals surface area (Å²) in [7, 11) is -2.47. The molecule has 0 bridgehead atoms. The second kappa shape index (κ2) is 28.4. The van der Waals surface area contributed by atoms with Crippen molar-refractivity contribution in [1.82, 2.24) is 0 Å². The van der Waals surface area contributed by atoms with E-state index < -0.39 is 59.4 Å². The summed E-state index contributed by atoms with van der Waals surface area (Å²) in [6, 6.07) is 57.6. The van der Waals surface area contributed by atoms with Crippen LogP contribution in [-0.2, 0) is 62.3 Å². The average molecular weight is 1450 g/mol. The van der Waals surface area contributed by atoms with E-state index in [9.17, 15) is 0 Å². The molecular formula is C102H141O3P. The van der Waals surface area contributed by atoms with E-state index in [1.54, 1.807) is 0 Å². The molecule has 3 aliphatic carbocycles. The molecule has 0 saturated heterocycles. The fourth-order valence-corrected chi connectivity index (χ4v) is 19.1. The second-order valence-electron chi connectivity index (χ2n) is 44.1. The highest BCUT2D eigenvalue weighted by atomic mass is 31.2. The summed E-state index contributed by atoms with van der Waals surface area (Å²) in [5.41, 5.74) is 17.0. The fourth-order valence-electron chi connectivity index (χ4n) is 17.8. The monoisotopic (exact) mass is 1450 g/mol. The zero-order valence-electron chi connectivity index (χ0n) is 73.2. The summed E-state index contributed by atoms with van der Waals surface area (Å²) in [6.07, 6.45) is 12.5. The van der Waals surface area contributed by atoms with E-state index in [-0.39, 0.29) is 48.7 Å². The minimum atomic E-state index is -2.47. The molecule has 0 N–H and O–H groups in total. The molecule has 3 nitrogen and oxygen atoms in total. The molecular weight excluding hydrogens is 1300 g/mol. The molecule has 3 aliphatic rings. The molecule has 0 amide bonds. The molecule has 4 heteroatoms. The Labute approximate surface area is 649 Å². The van der Waals surface area contributed by atoms with Gasteiger partial charge in [-0.25, -0.2) is 0 Å². The van der Waals surface area contributed by atoms with Crippen LogP contribution >= 0.6 is 8.60 Å². The third-order valence-corrected chi connectivity index (χ3v) is 25.1. The summed E-state index contributed by atoms with van der Waals surface area (Å²) in [4.78, 5) is 0. The minimum Gasteiger partial charge on any atom is -0.303 e. The summed E-state index contributed by atoms with van der Waals surface area (Å²) < 4.78 is 26.3. The maximum atomic E-state index is 8.77. The summed E-state index contributed by atoms with van der Waals surface area (Å²) in [6.45, 7) is 85.3. The highest BCUT2D eigenvalue weighted by Crippen LogP contribution is 2.68. The summed E-state index contributed by atoms with van der Waals surface area (Å²) in [5.74, 6) is 0. The molecule has 0 aromatic heterocycles. The van der Waals surface area contributed by atoms with Crippen molar-refractivity contribution in [2.45, 2.75) is 316 Å². The van der Waals surface area contributed by atoms with Crippen LogP contribution in [0.2, 0.25) is 0 Å². The SMILES string of the molecule is CC(C)(C)C1=C(c2ccc(C(C)(C)C)cc2)C(c2ccc(C(C)(C)C)cc2)(C(C)(C)C)C(OP(OC2C=CC(C(C)(C)C)=C(c3ccc(C(C)(C)C)cc3)C2(c2ccc(C(C)(C)C)cc2)C(C)(C)C)OC2C=CC(C(C)(C)C)=C(c3ccc(C(C)(C)C)cc3)C2(c2ccc(C(C)(C)C)cc2)C(C)(C)C)C=C1. The number of benzene rings is 6. The third kappa shape index (κ3) is 16.0. The number of hydrogen-bond acceptors (Lipinski definition) is 3. The Bertz CT molecular complexity index is 3850. The van der Waals surface area contributed by atoms with Crippen LogP contribution in [0.15, 0.2) is 199 Å². The van der Waals surface area contributed by atoms with Crippen molar-refractivity contribution in [1.29, 1.82) is 0 Å². The van der Waals surface area contributed by atoms with E-state index in [1.165, 1.54) is 100 Å². The Kier molecular flexibility index (Phi) is 22.6. The van der Waals surface area contributed by atoms with Gasteiger partial charge in [0, 0.05) is 0 Å². The smallest absolute Gasteiger partial charge is 0.303 e. The predicted molar refractivity (Wildman–Crippen MR) is 462 cm³/mol. The van der Waals surface area contributed by atoms with E-state index in [0.29, 0.717) is 0 Å². The highest BCUT2D eigenvalue weighted by molar-refractivity contribution is 7.41. The Morgan fingerprint density at radius 3 is 0.519 bits per heavy atom. The lowest BCUT2D eigenvalue weighted by molar-refractivity contribution is 0.00958. The van der Waals surface area contributed by atoms with E-state index in [0.717, 1.165) is 0 Å². The van der Waals surface area contributed by atoms with Gasteiger partial charge in [0.25, 0.3) is 0 Å². The maximum absolute atomic E-state index is 8.77. The van der Waals surface area contributed by atoms with E-state index in [1.807, 2.05) is 0 Å². The molecule has 9 rings (SSSR count). The molecule has 0 spiro atoms. The molecule has 0 saturated carbocycles. The van der Waals surface area contributed by atoms with Crippen LogP contribution in [-0.4, -0.2) is 18.3 Å². The van der Waals surface area contributed by atoms with Crippen LogP contribution in [0.4, 0.5) is 0 Å². The lowest BCUT2D eigenvalue weighted by atomic mass is 9.51. The first-order valence-corrected chi connectivity index (χ1v) is 41.0. The predicted octanol–water partition coefficient (Wildman–Crippen LogP) is 29.3. The van der Waals surface area contributed by atoms with Gasteiger partial charge in [-0.3, -0.25) is 0 Å². The van der Waals surface area contributed by atoms with Crippen molar-refractivity contribution in [2.24, 2.45) is 32.5 Å². The van der Waals surface area contributed by atoms with Gasteiger partial charge in [0.05, 0.1) is 34.6 Å². The largest absolute Gasteiger partial charge is 0.334 e. The molecule has 0 heterocycles. The summed E-state index contributed by atoms with van der Waals surface area (Å²) >= 11 is 0. The van der Waals surface area contributed by atoms with Crippen molar-refractivity contribution in [3.8, 4) is 0 Å². The van der Waals surface area contributed by atoms with Crippen molar-refractivity contribution in [3.05, 3.63) is 266 Å². The molecule has 6 aromatic carbocycles. The number of rotatable bonds is 12. The molecule has 572 valence electrons. The topological polar surface area (TPSA) is 27.7 Å². The molecule has 0 aliphatic heterocycles. The van der Waals surface area contributed by atoms with Crippen LogP contribution in [0.5, 0.6) is 0 Å². The van der Waals surface area contributed by atoms with Crippen molar-refractivity contribution in [3.63, 3.8) is 0 Å². The van der Waals surface area contributed by atoms with Crippen LogP contribution in [0, 0.1) is 32.5 Å². The van der Waals surface area contributed by atoms with E-state index in [4.69, 9.17) is 13.6 Å². The Hall–Kier alpha value is -5.93. The van der Waals surface area contributed by atoms with Gasteiger partial charge in [0.15, 0.2) is 0 Å². The maximum Gasteiger partial charge on any atom is 0.334 e. The molecule has 0 fully saturated rings. The Morgan fingerprint density at radius 1 is 0.217 bits per heavy atom. The molecule has 106 heavy (non-hydrogen) atoms. The van der Waals surface area contributed by atoms with Crippen LogP contribution in [0.25, 0.3) is 16.7 Å². The Balaban J connectivity index is 1.47. The molecule has 0 radical (unpaired) electrons. The first-order valence-electron chi connectivity index (χ1n) is 39.9. The van der Waals surface area contributed by atoms with Gasteiger partial charge < -0.3 is 13.6 Å². The zero-order valence-corrected chi connectivity index (χ0v) is 74.1. The zero-order chi connectivity index (χ0) is 79.5. The average Bonchev–Trinajstić information content (AvgIpc) is 0.707. The van der Waals surface area contributed by atoms with Gasteiger partial charge in [0.1, 0.15) is 0 Å². The van der Waals surface area contributed by atoms with Crippen LogP contribution in [0.1, 0.15) is 316 Å². The van der Waals surface area contributed by atoms with Gasteiger partial charge in [-0.1, -0.05) is 431 Å². The lowest BCUT2D eigenvalue weighted by Crippen LogP contribution is -2.55. The highest BCUT2D eigenvalue weighted by Gasteiger charge is 2.62. The number of hydrogen-bond donors (Lipinski definition) is 0. The van der Waals surface area contributed by atoms with Crippen molar-refractivity contribution in [2.75, 3.05) is 0 Å². The summed E-state index contributed by atoms with van der Waals surface area (Å²) in [5, 5.41) is 0. The minimum absolute atomic E-state index is 0.0571. The molecule has 6 atom stereocenters. The van der Waals surface area contributed by atoms with Gasteiger partial charge in [-0.2, -0.15) is 0 Å². The van der Waals surface area contributed by atoms with Crippen molar-refractivity contribution >= 4 is 25.3 Å². The van der Waals surface area contributed by atoms with Gasteiger partial charge in [0.2, 0.25) is 0 Å². The van der Waals surface area contributed by atoms with Crippen LogP contribution < -0.4 is 0 Å². The first kappa shape index (κ1) is 84.1. The second-order valence-corrected chi connectivity index (χ2v) is 45.2. The normalized spacial score (nSPS) is 22.6. The third-order valence-electron chi connectivity index (χ3n) is 23.9. The quantitative estimate of drug-likeness (QED) is 0.114. The first-order chi connectivity index (χ1) is 48.1.